The van der Waals surface area contributed by atoms with Crippen LogP contribution < -0.4 is 14.8 Å². The maximum atomic E-state index is 12.8. The summed E-state index contributed by atoms with van der Waals surface area (Å²) in [6.45, 7) is 1.90. The highest BCUT2D eigenvalue weighted by Gasteiger charge is 2.11. The standard InChI is InChI=1S/C20H15BrN2O4S/c1-2-26-18(24)11-27-16-8-7-12(9-13(16)21)10-17-19(25)23-15-6-4-3-5-14(15)22-20(23)28-17/h3-10H,2,11H2,1H3/b17-10-. The molecule has 0 N–H and O–H groups in total. The third-order valence-electron chi connectivity index (χ3n) is 4.05. The number of fused-ring (bicyclic) bond motifs is 3. The summed E-state index contributed by atoms with van der Waals surface area (Å²) in [5, 5.41) is 0. The van der Waals surface area contributed by atoms with E-state index in [1.165, 1.54) is 11.3 Å². The molecule has 0 spiro atoms. The quantitative estimate of drug-likeness (QED) is 0.429. The lowest BCUT2D eigenvalue weighted by molar-refractivity contribution is -0.145. The maximum absolute atomic E-state index is 12.8. The largest absolute Gasteiger partial charge is 0.481 e. The SMILES string of the molecule is CCOC(=O)COc1ccc(/C=c2\sc3nc4ccccc4n3c2=O)cc1Br. The molecular weight excluding hydrogens is 444 g/mol. The highest BCUT2D eigenvalue weighted by atomic mass is 79.9. The molecule has 0 amide bonds. The molecule has 0 saturated carbocycles. The Morgan fingerprint density at radius 3 is 2.89 bits per heavy atom. The Morgan fingerprint density at radius 1 is 1.29 bits per heavy atom. The van der Waals surface area contributed by atoms with Crippen LogP contribution >= 0.6 is 27.3 Å². The van der Waals surface area contributed by atoms with Crippen LogP contribution in [0, 0.1) is 0 Å². The van der Waals surface area contributed by atoms with E-state index in [9.17, 15) is 9.59 Å². The van der Waals surface area contributed by atoms with Crippen LogP contribution in [0.3, 0.4) is 0 Å². The predicted octanol–water partition coefficient (Wildman–Crippen LogP) is 3.16. The average Bonchev–Trinajstić information content (AvgIpc) is 3.18. The zero-order valence-electron chi connectivity index (χ0n) is 14.8. The van der Waals surface area contributed by atoms with Crippen LogP contribution in [-0.4, -0.2) is 28.6 Å². The summed E-state index contributed by atoms with van der Waals surface area (Å²) in [6.07, 6.45) is 1.82. The van der Waals surface area contributed by atoms with Gasteiger partial charge in [-0.1, -0.05) is 29.5 Å². The fourth-order valence-electron chi connectivity index (χ4n) is 2.83. The number of thiazole rings is 1. The number of para-hydroxylation sites is 2. The van der Waals surface area contributed by atoms with E-state index in [2.05, 4.69) is 20.9 Å². The predicted molar refractivity (Wildman–Crippen MR) is 112 cm³/mol. The Labute approximate surface area is 172 Å². The van der Waals surface area contributed by atoms with E-state index in [1.54, 1.807) is 17.4 Å². The number of hydrogen-bond donors (Lipinski definition) is 0. The number of imidazole rings is 1. The number of halogens is 1. The molecular formula is C20H15BrN2O4S. The smallest absolute Gasteiger partial charge is 0.344 e. The molecule has 0 aliphatic rings. The Balaban J connectivity index is 1.65. The van der Waals surface area contributed by atoms with Crippen molar-refractivity contribution in [1.29, 1.82) is 0 Å². The van der Waals surface area contributed by atoms with Crippen molar-refractivity contribution in [1.82, 2.24) is 9.38 Å². The molecule has 0 radical (unpaired) electrons. The number of hydrogen-bond acceptors (Lipinski definition) is 6. The van der Waals surface area contributed by atoms with Crippen LogP contribution in [0.25, 0.3) is 22.1 Å². The lowest BCUT2D eigenvalue weighted by Gasteiger charge is -2.08. The van der Waals surface area contributed by atoms with Gasteiger partial charge in [0.15, 0.2) is 11.6 Å². The number of ether oxygens (including phenoxy) is 2. The molecule has 0 saturated heterocycles. The first-order valence-electron chi connectivity index (χ1n) is 8.56. The highest BCUT2D eigenvalue weighted by Crippen LogP contribution is 2.26. The van der Waals surface area contributed by atoms with Gasteiger partial charge in [0.05, 0.1) is 26.6 Å². The molecule has 4 rings (SSSR count). The number of carbonyl (C=O) groups excluding carboxylic acids is 1. The molecule has 0 fully saturated rings. The normalized spacial score (nSPS) is 12.0. The first kappa shape index (κ1) is 18.6. The van der Waals surface area contributed by atoms with Crippen molar-refractivity contribution in [2.45, 2.75) is 6.92 Å². The Kier molecular flexibility index (Phi) is 5.15. The topological polar surface area (TPSA) is 69.9 Å². The summed E-state index contributed by atoms with van der Waals surface area (Å²) >= 11 is 4.79. The first-order valence-corrected chi connectivity index (χ1v) is 10.2. The number of esters is 1. The number of rotatable bonds is 5. The van der Waals surface area contributed by atoms with Gasteiger partial charge in [-0.3, -0.25) is 4.79 Å². The van der Waals surface area contributed by atoms with E-state index in [4.69, 9.17) is 9.47 Å². The molecule has 6 nitrogen and oxygen atoms in total. The molecule has 28 heavy (non-hydrogen) atoms. The zero-order valence-corrected chi connectivity index (χ0v) is 17.2. The third kappa shape index (κ3) is 3.53. The molecule has 4 aromatic rings. The van der Waals surface area contributed by atoms with Crippen molar-refractivity contribution in [3.8, 4) is 5.75 Å². The Hall–Kier alpha value is -2.71. The van der Waals surface area contributed by atoms with Gasteiger partial charge in [0.2, 0.25) is 0 Å². The van der Waals surface area contributed by atoms with Gasteiger partial charge in [-0.2, -0.15) is 0 Å². The molecule has 0 unspecified atom stereocenters. The van der Waals surface area contributed by atoms with E-state index < -0.39 is 5.97 Å². The Morgan fingerprint density at radius 2 is 2.11 bits per heavy atom. The summed E-state index contributed by atoms with van der Waals surface area (Å²) in [7, 11) is 0. The lowest BCUT2D eigenvalue weighted by Crippen LogP contribution is -2.22. The number of carbonyl (C=O) groups is 1. The van der Waals surface area contributed by atoms with Crippen molar-refractivity contribution in [2.75, 3.05) is 13.2 Å². The van der Waals surface area contributed by atoms with Gasteiger partial charge < -0.3 is 9.47 Å². The molecule has 8 heteroatoms. The average molecular weight is 459 g/mol. The minimum absolute atomic E-state index is 0.0903. The van der Waals surface area contributed by atoms with Crippen LogP contribution in [0.2, 0.25) is 0 Å². The molecule has 0 atom stereocenters. The van der Waals surface area contributed by atoms with Crippen molar-refractivity contribution in [2.24, 2.45) is 0 Å². The second kappa shape index (κ2) is 7.73. The summed E-state index contributed by atoms with van der Waals surface area (Å²) in [6, 6.07) is 13.0. The number of benzene rings is 2. The van der Waals surface area contributed by atoms with Gasteiger partial charge in [-0.05, 0) is 58.8 Å². The van der Waals surface area contributed by atoms with Crippen molar-refractivity contribution in [3.05, 3.63) is 67.4 Å². The molecule has 2 heterocycles. The van der Waals surface area contributed by atoms with Crippen LogP contribution in [-0.2, 0) is 9.53 Å². The number of nitrogens with zero attached hydrogens (tertiary/aromatic N) is 2. The van der Waals surface area contributed by atoms with Gasteiger partial charge in [-0.25, -0.2) is 14.2 Å². The Bertz CT molecular complexity index is 1300. The van der Waals surface area contributed by atoms with E-state index >= 15 is 0 Å². The molecule has 142 valence electrons. The van der Waals surface area contributed by atoms with Gasteiger partial charge in [0.1, 0.15) is 5.75 Å². The summed E-state index contributed by atoms with van der Waals surface area (Å²) in [5.74, 6) is 0.106. The van der Waals surface area contributed by atoms with E-state index in [0.717, 1.165) is 16.6 Å². The van der Waals surface area contributed by atoms with Crippen LogP contribution in [0.5, 0.6) is 5.75 Å². The monoisotopic (exact) mass is 458 g/mol. The second-order valence-electron chi connectivity index (χ2n) is 5.92. The molecule has 0 bridgehead atoms. The molecule has 2 aromatic carbocycles. The fourth-order valence-corrected chi connectivity index (χ4v) is 4.32. The molecule has 0 aliphatic heterocycles. The minimum Gasteiger partial charge on any atom is -0.481 e. The van der Waals surface area contributed by atoms with E-state index in [0.29, 0.717) is 26.3 Å². The van der Waals surface area contributed by atoms with Crippen LogP contribution in [0.1, 0.15) is 12.5 Å². The van der Waals surface area contributed by atoms with Gasteiger partial charge in [0, 0.05) is 0 Å². The van der Waals surface area contributed by atoms with Gasteiger partial charge in [-0.15, -0.1) is 0 Å². The van der Waals surface area contributed by atoms with Crippen molar-refractivity contribution in [3.63, 3.8) is 0 Å². The highest BCUT2D eigenvalue weighted by molar-refractivity contribution is 9.10. The van der Waals surface area contributed by atoms with Crippen molar-refractivity contribution >= 4 is 55.3 Å². The van der Waals surface area contributed by atoms with Gasteiger partial charge >= 0.3 is 5.97 Å². The molecule has 0 aliphatic carbocycles. The molecule has 2 aromatic heterocycles. The van der Waals surface area contributed by atoms with Gasteiger partial charge in [0.25, 0.3) is 5.56 Å². The maximum Gasteiger partial charge on any atom is 0.344 e. The summed E-state index contributed by atoms with van der Waals surface area (Å²) in [4.78, 5) is 29.4. The summed E-state index contributed by atoms with van der Waals surface area (Å²) in [5.41, 5.74) is 2.36. The van der Waals surface area contributed by atoms with Crippen molar-refractivity contribution < 1.29 is 14.3 Å². The van der Waals surface area contributed by atoms with E-state index in [-0.39, 0.29) is 12.2 Å². The lowest BCUT2D eigenvalue weighted by atomic mass is 10.2. The summed E-state index contributed by atoms with van der Waals surface area (Å²) < 4.78 is 13.2. The third-order valence-corrected chi connectivity index (χ3v) is 5.64. The van der Waals surface area contributed by atoms with E-state index in [1.807, 2.05) is 42.5 Å². The number of aromatic nitrogens is 2. The second-order valence-corrected chi connectivity index (χ2v) is 7.78. The fraction of sp³-hybridized carbons (Fsp3) is 0.150. The zero-order chi connectivity index (χ0) is 19.7. The van der Waals surface area contributed by atoms with Crippen LogP contribution in [0.4, 0.5) is 0 Å². The van der Waals surface area contributed by atoms with Crippen LogP contribution in [0.15, 0.2) is 51.7 Å². The first-order chi connectivity index (χ1) is 13.6. The minimum atomic E-state index is -0.421.